The van der Waals surface area contributed by atoms with E-state index in [2.05, 4.69) is 373 Å². The Morgan fingerprint density at radius 1 is 0.505 bits per heavy atom. The molecule has 0 radical (unpaired) electrons. The third kappa shape index (κ3) is 14.5. The summed E-state index contributed by atoms with van der Waals surface area (Å²) in [5.41, 5.74) is 31.3. The Morgan fingerprint density at radius 2 is 1.10 bits per heavy atom. The third-order valence-electron chi connectivity index (χ3n) is 20.6. The van der Waals surface area contributed by atoms with E-state index in [0.717, 1.165) is 65.3 Å². The lowest BCUT2D eigenvalue weighted by atomic mass is 9.66. The van der Waals surface area contributed by atoms with Crippen molar-refractivity contribution in [1.82, 2.24) is 0 Å². The molecule has 2 heteroatoms. The van der Waals surface area contributed by atoms with Crippen LogP contribution in [-0.4, -0.2) is 0 Å². The second-order valence-corrected chi connectivity index (χ2v) is 28.6. The van der Waals surface area contributed by atoms with Crippen LogP contribution >= 0.6 is 0 Å². The molecule has 0 saturated heterocycles. The van der Waals surface area contributed by atoms with Gasteiger partial charge in [-0.1, -0.05) is 287 Å². The zero-order valence-electron chi connectivity index (χ0n) is 59.5. The second kappa shape index (κ2) is 29.7. The molecule has 8 aromatic carbocycles. The van der Waals surface area contributed by atoms with Gasteiger partial charge in [0.2, 0.25) is 0 Å². The van der Waals surface area contributed by atoms with E-state index in [-0.39, 0.29) is 17.3 Å². The topological polar surface area (TPSA) is 6.48 Å². The van der Waals surface area contributed by atoms with Gasteiger partial charge < -0.3 is 9.80 Å². The summed E-state index contributed by atoms with van der Waals surface area (Å²) in [7, 11) is 0. The lowest BCUT2D eigenvalue weighted by molar-refractivity contribution is 0.497. The van der Waals surface area contributed by atoms with Crippen LogP contribution in [0.25, 0.3) is 33.4 Å². The maximum Gasteiger partial charge on any atom is 0.0464 e. The molecule has 0 spiro atoms. The van der Waals surface area contributed by atoms with Crippen LogP contribution in [0.2, 0.25) is 0 Å². The van der Waals surface area contributed by atoms with Gasteiger partial charge in [-0.2, -0.15) is 0 Å². The monoisotopic (exact) mass is 1270 g/mol. The molecule has 8 aromatic rings. The van der Waals surface area contributed by atoms with Crippen LogP contribution < -0.4 is 9.80 Å². The predicted molar refractivity (Wildman–Crippen MR) is 422 cm³/mol. The zero-order chi connectivity index (χ0) is 67.9. The first-order valence-corrected chi connectivity index (χ1v) is 35.6. The summed E-state index contributed by atoms with van der Waals surface area (Å²) < 4.78 is 0. The lowest BCUT2D eigenvalue weighted by Gasteiger charge is -2.38. The summed E-state index contributed by atoms with van der Waals surface area (Å²) in [5.74, 6) is 1.96. The van der Waals surface area contributed by atoms with E-state index in [1.807, 2.05) is 6.08 Å². The average molecular weight is 1270 g/mol. The van der Waals surface area contributed by atoms with E-state index in [1.54, 1.807) is 0 Å². The molecule has 0 amide bonds. The second-order valence-electron chi connectivity index (χ2n) is 28.6. The van der Waals surface area contributed by atoms with Crippen LogP contribution in [0.15, 0.2) is 297 Å². The minimum Gasteiger partial charge on any atom is -0.311 e. The molecule has 97 heavy (non-hydrogen) atoms. The summed E-state index contributed by atoms with van der Waals surface area (Å²) in [6, 6.07) is 66.6. The number of aryl methyl sites for hydroxylation is 2. The Hall–Kier alpha value is -9.76. The molecule has 0 bridgehead atoms. The number of rotatable bonds is 20. The van der Waals surface area contributed by atoms with Crippen molar-refractivity contribution in [1.29, 1.82) is 0 Å². The molecule has 4 aliphatic carbocycles. The Morgan fingerprint density at radius 3 is 1.72 bits per heavy atom. The largest absolute Gasteiger partial charge is 0.311 e. The van der Waals surface area contributed by atoms with Crippen molar-refractivity contribution >= 4 is 50.7 Å². The van der Waals surface area contributed by atoms with E-state index in [4.69, 9.17) is 0 Å². The van der Waals surface area contributed by atoms with E-state index in [1.165, 1.54) is 100 Å². The van der Waals surface area contributed by atoms with Crippen molar-refractivity contribution in [3.8, 4) is 11.1 Å². The molecular formula is C95H98N2. The van der Waals surface area contributed by atoms with Crippen molar-refractivity contribution in [2.24, 2.45) is 5.92 Å². The van der Waals surface area contributed by atoms with Crippen molar-refractivity contribution in [3.63, 3.8) is 0 Å². The number of hydrogen-bond donors (Lipinski definition) is 0. The molecule has 0 N–H and O–H groups in total. The fraction of sp³-hybridized carbons (Fsp3) is 0.242. The minimum atomic E-state index is -0.0458. The summed E-state index contributed by atoms with van der Waals surface area (Å²) in [6.07, 6.45) is 43.0. The van der Waals surface area contributed by atoms with Gasteiger partial charge in [0, 0.05) is 51.4 Å². The van der Waals surface area contributed by atoms with Crippen molar-refractivity contribution in [3.05, 3.63) is 364 Å². The van der Waals surface area contributed by atoms with Gasteiger partial charge in [-0.05, 0) is 237 Å². The highest BCUT2D eigenvalue weighted by Gasteiger charge is 2.34. The molecule has 0 aromatic heterocycles. The van der Waals surface area contributed by atoms with Crippen molar-refractivity contribution in [2.75, 3.05) is 9.80 Å². The molecule has 0 aliphatic heterocycles. The summed E-state index contributed by atoms with van der Waals surface area (Å²) >= 11 is 0. The fourth-order valence-corrected chi connectivity index (χ4v) is 15.2. The molecule has 0 fully saturated rings. The van der Waals surface area contributed by atoms with Gasteiger partial charge in [0.25, 0.3) is 0 Å². The molecule has 2 atom stereocenters. The first-order chi connectivity index (χ1) is 47.0. The van der Waals surface area contributed by atoms with E-state index in [9.17, 15) is 0 Å². The summed E-state index contributed by atoms with van der Waals surface area (Å²) in [6.45, 7) is 32.2. The van der Waals surface area contributed by atoms with Crippen molar-refractivity contribution < 1.29 is 0 Å². The van der Waals surface area contributed by atoms with Gasteiger partial charge >= 0.3 is 0 Å². The van der Waals surface area contributed by atoms with Gasteiger partial charge in [-0.25, -0.2) is 0 Å². The first-order valence-electron chi connectivity index (χ1n) is 35.6. The van der Waals surface area contributed by atoms with Crippen LogP contribution in [0.4, 0.5) is 28.4 Å². The number of anilines is 5. The van der Waals surface area contributed by atoms with Gasteiger partial charge in [0.15, 0.2) is 0 Å². The van der Waals surface area contributed by atoms with E-state index < -0.39 is 0 Å². The standard InChI is InChI=1S/C95H98N2/c1-14-71(37-36-68(10)86-52-47-83(58-69(86)11)97(85-50-55-90(93(63-85)66(6)7)76-32-24-18-25-33-76)84-49-54-89(92(62-84)65(4)5)75-28-20-15-16-21-29-75)87-53-48-82(59-70(87)12)96(80-43-38-72(39-44-80)77-42-51-88(91(60-77)64(2)3)74-30-22-17-23-31-74)81-45-40-73(41-46-81)78-56-57-95(13,94(61-78)67(8)9)79-34-26-19-27-35-79/h14-17,19-24,26-38,40-56,58-67,72,75H,1,18,25,39,57H2,2-13H3/b68-36+,71-37+. The van der Waals surface area contributed by atoms with Gasteiger partial charge in [0.05, 0.1) is 0 Å². The number of allylic oxidation sites excluding steroid dienone is 22. The van der Waals surface area contributed by atoms with Gasteiger partial charge in [0.1, 0.15) is 0 Å². The molecule has 2 unspecified atom stereocenters. The number of benzene rings is 8. The highest BCUT2D eigenvalue weighted by molar-refractivity contribution is 5.86. The predicted octanol–water partition coefficient (Wildman–Crippen LogP) is 27.1. The molecule has 488 valence electrons. The van der Waals surface area contributed by atoms with Crippen LogP contribution in [-0.2, 0) is 5.41 Å². The normalized spacial score (nSPS) is 17.4. The molecule has 12 rings (SSSR count). The van der Waals surface area contributed by atoms with Crippen molar-refractivity contribution in [2.45, 2.75) is 144 Å². The highest BCUT2D eigenvalue weighted by atomic mass is 15.2. The van der Waals surface area contributed by atoms with Gasteiger partial charge in [-0.3, -0.25) is 0 Å². The maximum absolute atomic E-state index is 4.41. The quantitative estimate of drug-likeness (QED) is 0.0702. The van der Waals surface area contributed by atoms with Gasteiger partial charge in [-0.15, -0.1) is 0 Å². The lowest BCUT2D eigenvalue weighted by Crippen LogP contribution is -2.29. The zero-order valence-corrected chi connectivity index (χ0v) is 59.5. The minimum absolute atomic E-state index is 0.0458. The van der Waals surface area contributed by atoms with E-state index in [0.29, 0.717) is 23.7 Å². The average Bonchev–Trinajstić information content (AvgIpc) is 0.820. The SMILES string of the molecule is C=C/C(=C\C=C(/C)c1ccc(N(c2ccc(C3=CCCC=C3)c(C(C)C)c2)c2ccc(C3C=CC=CC=C3)c(C(C)C)c2)cc1C)c1ccc(N(C2=CCC(c3ccc(-c4ccccc4)c(C(C)C)c3)C=C2)c2ccc(C3=CCC(C)(c4ccccc4)C(C(C)C)=C3)cc2)cc1C. The molecular weight excluding hydrogens is 1170 g/mol. The van der Waals surface area contributed by atoms with Crippen LogP contribution in [0.1, 0.15) is 191 Å². The Balaban J connectivity index is 0.861. The Kier molecular flexibility index (Phi) is 20.6. The Labute approximate surface area is 581 Å². The molecule has 2 nitrogen and oxygen atoms in total. The molecule has 4 aliphatic rings. The smallest absolute Gasteiger partial charge is 0.0464 e. The maximum atomic E-state index is 4.41. The third-order valence-corrected chi connectivity index (χ3v) is 20.6. The highest BCUT2D eigenvalue weighted by Crippen LogP contribution is 2.47. The van der Waals surface area contributed by atoms with E-state index >= 15 is 0 Å². The summed E-state index contributed by atoms with van der Waals surface area (Å²) in [4.78, 5) is 4.93. The number of hydrogen-bond acceptors (Lipinski definition) is 2. The van der Waals surface area contributed by atoms with Crippen LogP contribution in [0.3, 0.4) is 0 Å². The molecule has 0 heterocycles. The first kappa shape index (κ1) is 67.2. The Bertz CT molecular complexity index is 4550. The number of nitrogens with zero attached hydrogens (tertiary/aromatic N) is 2. The molecule has 0 saturated carbocycles. The van der Waals surface area contributed by atoms with Crippen LogP contribution in [0.5, 0.6) is 0 Å². The fourth-order valence-electron chi connectivity index (χ4n) is 15.2. The summed E-state index contributed by atoms with van der Waals surface area (Å²) in [5, 5.41) is 0. The van der Waals surface area contributed by atoms with Crippen LogP contribution in [0, 0.1) is 19.8 Å².